The van der Waals surface area contributed by atoms with Gasteiger partial charge in [0.05, 0.1) is 11.9 Å². The number of nitrogens with zero attached hydrogens (tertiary/aromatic N) is 4. The van der Waals surface area contributed by atoms with Crippen molar-refractivity contribution in [3.63, 3.8) is 0 Å². The Morgan fingerprint density at radius 3 is 2.61 bits per heavy atom. The topological polar surface area (TPSA) is 60.0 Å². The number of aromatic nitrogens is 3. The van der Waals surface area contributed by atoms with Crippen LogP contribution in [0, 0.1) is 11.8 Å². The van der Waals surface area contributed by atoms with Gasteiger partial charge >= 0.3 is 0 Å². The number of hydrogen-bond donors (Lipinski definition) is 1. The minimum Gasteiger partial charge on any atom is -0.383 e. The first-order valence-electron chi connectivity index (χ1n) is 11.4. The van der Waals surface area contributed by atoms with Crippen LogP contribution in [0.15, 0.2) is 61.2 Å². The molecule has 1 aliphatic rings. The van der Waals surface area contributed by atoms with Gasteiger partial charge in [0.25, 0.3) is 0 Å². The van der Waals surface area contributed by atoms with E-state index in [0.29, 0.717) is 16.4 Å². The van der Waals surface area contributed by atoms with Crippen molar-refractivity contribution in [2.24, 2.45) is 0 Å². The molecule has 5 rings (SSSR count). The van der Waals surface area contributed by atoms with Crippen LogP contribution < -0.4 is 5.73 Å². The fraction of sp³-hybridized carbons (Fsp3) is 0.259. The predicted molar refractivity (Wildman–Crippen MR) is 135 cm³/mol. The quantitative estimate of drug-likeness (QED) is 0.436. The van der Waals surface area contributed by atoms with E-state index in [0.717, 1.165) is 35.0 Å². The third kappa shape index (κ3) is 4.88. The highest BCUT2D eigenvalue weighted by Crippen LogP contribution is 2.25. The molecule has 166 valence electrons. The third-order valence-electron chi connectivity index (χ3n) is 6.21. The lowest BCUT2D eigenvalue weighted by Gasteiger charge is -2.26. The van der Waals surface area contributed by atoms with Crippen molar-refractivity contribution in [2.45, 2.75) is 25.7 Å². The van der Waals surface area contributed by atoms with Crippen LogP contribution in [-0.2, 0) is 6.42 Å². The molecule has 0 saturated carbocycles. The van der Waals surface area contributed by atoms with Gasteiger partial charge in [-0.15, -0.1) is 0 Å². The summed E-state index contributed by atoms with van der Waals surface area (Å²) in [5.41, 5.74) is 10.0. The van der Waals surface area contributed by atoms with E-state index in [4.69, 9.17) is 17.3 Å². The van der Waals surface area contributed by atoms with Crippen molar-refractivity contribution in [2.75, 3.05) is 25.4 Å². The molecular formula is C27H26ClN5. The Morgan fingerprint density at radius 2 is 1.79 bits per heavy atom. The standard InChI is InChI=1S/C27H26ClN5/c28-22-8-7-21-17-31-27(29)25(26(21)16-22)11-6-20-4-9-23(10-5-20)33-19-30-18-24(33)12-15-32-13-2-1-3-14-32/h4-5,7-10,16-19H,1-3,12-15H2,(H2,29,31). The maximum atomic E-state index is 6.19. The molecule has 0 unspecified atom stereocenters. The average molecular weight is 456 g/mol. The molecule has 0 radical (unpaired) electrons. The van der Waals surface area contributed by atoms with Crippen LogP contribution in [0.5, 0.6) is 0 Å². The number of piperidine rings is 1. The molecule has 4 aromatic rings. The Kier molecular flexibility index (Phi) is 6.30. The predicted octanol–water partition coefficient (Wildman–Crippen LogP) is 5.08. The molecule has 0 amide bonds. The lowest BCUT2D eigenvalue weighted by atomic mass is 10.1. The zero-order valence-corrected chi connectivity index (χ0v) is 19.2. The second kappa shape index (κ2) is 9.66. The van der Waals surface area contributed by atoms with Gasteiger partial charge < -0.3 is 15.2 Å². The largest absolute Gasteiger partial charge is 0.383 e. The highest BCUT2D eigenvalue weighted by molar-refractivity contribution is 6.31. The van der Waals surface area contributed by atoms with Crippen LogP contribution >= 0.6 is 11.6 Å². The molecule has 0 bridgehead atoms. The van der Waals surface area contributed by atoms with Crippen LogP contribution in [0.1, 0.15) is 36.1 Å². The van der Waals surface area contributed by atoms with Crippen molar-refractivity contribution < 1.29 is 0 Å². The summed E-state index contributed by atoms with van der Waals surface area (Å²) in [6.07, 6.45) is 10.6. The molecule has 2 aromatic carbocycles. The number of rotatable bonds is 4. The van der Waals surface area contributed by atoms with Gasteiger partial charge in [-0.1, -0.05) is 35.9 Å². The fourth-order valence-electron chi connectivity index (χ4n) is 4.37. The van der Waals surface area contributed by atoms with Gasteiger partial charge in [0.2, 0.25) is 0 Å². The van der Waals surface area contributed by atoms with Crippen LogP contribution in [0.2, 0.25) is 5.02 Å². The van der Waals surface area contributed by atoms with Crippen LogP contribution in [0.3, 0.4) is 0 Å². The number of halogens is 1. The second-order valence-electron chi connectivity index (χ2n) is 8.45. The smallest absolute Gasteiger partial charge is 0.139 e. The summed E-state index contributed by atoms with van der Waals surface area (Å²) in [6.45, 7) is 3.51. The van der Waals surface area contributed by atoms with Gasteiger partial charge in [0, 0.05) is 58.1 Å². The summed E-state index contributed by atoms with van der Waals surface area (Å²) >= 11 is 6.19. The van der Waals surface area contributed by atoms with E-state index in [1.807, 2.05) is 42.9 Å². The molecule has 1 fully saturated rings. The van der Waals surface area contributed by atoms with Gasteiger partial charge in [0.1, 0.15) is 5.82 Å². The molecule has 6 heteroatoms. The van der Waals surface area contributed by atoms with Gasteiger partial charge in [-0.2, -0.15) is 0 Å². The number of hydrogen-bond acceptors (Lipinski definition) is 4. The lowest BCUT2D eigenvalue weighted by molar-refractivity contribution is 0.230. The molecule has 5 nitrogen and oxygen atoms in total. The maximum Gasteiger partial charge on any atom is 0.139 e. The van der Waals surface area contributed by atoms with Crippen molar-refractivity contribution in [1.29, 1.82) is 0 Å². The first-order chi connectivity index (χ1) is 16.2. The Hall–Kier alpha value is -3.33. The first kappa shape index (κ1) is 21.5. The first-order valence-corrected chi connectivity index (χ1v) is 11.7. The van der Waals surface area contributed by atoms with Crippen LogP contribution in [0.4, 0.5) is 5.82 Å². The maximum absolute atomic E-state index is 6.19. The second-order valence-corrected chi connectivity index (χ2v) is 8.89. The van der Waals surface area contributed by atoms with Gasteiger partial charge in [-0.05, 0) is 62.3 Å². The van der Waals surface area contributed by atoms with E-state index in [-0.39, 0.29) is 0 Å². The number of pyridine rings is 1. The number of nitrogens with two attached hydrogens (primary N) is 1. The molecule has 3 heterocycles. The summed E-state index contributed by atoms with van der Waals surface area (Å²) in [7, 11) is 0. The van der Waals surface area contributed by atoms with Crippen molar-refractivity contribution in [3.05, 3.63) is 83.0 Å². The molecule has 0 atom stereocenters. The number of anilines is 1. The van der Waals surface area contributed by atoms with E-state index in [2.05, 4.69) is 43.4 Å². The average Bonchev–Trinajstić information content (AvgIpc) is 3.32. The molecule has 0 aliphatic carbocycles. The van der Waals surface area contributed by atoms with Crippen LogP contribution in [-0.4, -0.2) is 39.1 Å². The van der Waals surface area contributed by atoms with E-state index >= 15 is 0 Å². The zero-order valence-electron chi connectivity index (χ0n) is 18.5. The number of fused-ring (bicyclic) bond motifs is 1. The molecule has 2 aromatic heterocycles. The lowest BCUT2D eigenvalue weighted by Crippen LogP contribution is -2.31. The minimum absolute atomic E-state index is 0.408. The monoisotopic (exact) mass is 455 g/mol. The van der Waals surface area contributed by atoms with E-state index in [9.17, 15) is 0 Å². The summed E-state index contributed by atoms with van der Waals surface area (Å²) in [5.74, 6) is 6.83. The Labute approximate surface area is 199 Å². The zero-order chi connectivity index (χ0) is 22.6. The molecule has 2 N–H and O–H groups in total. The minimum atomic E-state index is 0.408. The van der Waals surface area contributed by atoms with E-state index < -0.39 is 0 Å². The van der Waals surface area contributed by atoms with Gasteiger partial charge in [0.15, 0.2) is 0 Å². The normalized spacial score (nSPS) is 14.2. The number of nitrogen functional groups attached to an aromatic ring is 1. The van der Waals surface area contributed by atoms with Gasteiger partial charge in [-0.3, -0.25) is 0 Å². The summed E-state index contributed by atoms with van der Waals surface area (Å²) in [6, 6.07) is 13.9. The molecule has 1 saturated heterocycles. The highest BCUT2D eigenvalue weighted by Gasteiger charge is 2.12. The van der Waals surface area contributed by atoms with Crippen molar-refractivity contribution >= 4 is 28.2 Å². The highest BCUT2D eigenvalue weighted by atomic mass is 35.5. The summed E-state index contributed by atoms with van der Waals surface area (Å²) < 4.78 is 2.16. The van der Waals surface area contributed by atoms with Crippen molar-refractivity contribution in [1.82, 2.24) is 19.4 Å². The van der Waals surface area contributed by atoms with E-state index in [1.165, 1.54) is 38.0 Å². The molecule has 0 spiro atoms. The SMILES string of the molecule is Nc1ncc2ccc(Cl)cc2c1C#Cc1ccc(-n2cncc2CCN2CCCCC2)cc1. The third-order valence-corrected chi connectivity index (χ3v) is 6.44. The summed E-state index contributed by atoms with van der Waals surface area (Å²) in [4.78, 5) is 11.2. The van der Waals surface area contributed by atoms with Crippen molar-refractivity contribution in [3.8, 4) is 17.5 Å². The Bertz CT molecular complexity index is 1320. The van der Waals surface area contributed by atoms with Gasteiger partial charge in [-0.25, -0.2) is 9.97 Å². The fourth-order valence-corrected chi connectivity index (χ4v) is 4.54. The summed E-state index contributed by atoms with van der Waals surface area (Å²) in [5, 5.41) is 2.53. The molecule has 1 aliphatic heterocycles. The Balaban J connectivity index is 1.35. The Morgan fingerprint density at radius 1 is 0.970 bits per heavy atom. The number of likely N-dealkylation sites (tertiary alicyclic amines) is 1. The molecule has 33 heavy (non-hydrogen) atoms. The van der Waals surface area contributed by atoms with Crippen LogP contribution in [0.25, 0.3) is 16.5 Å². The molecular weight excluding hydrogens is 430 g/mol. The van der Waals surface area contributed by atoms with E-state index in [1.54, 1.807) is 6.20 Å². The number of imidazole rings is 1. The number of benzene rings is 2.